The van der Waals surface area contributed by atoms with Gasteiger partial charge < -0.3 is 14.4 Å². The van der Waals surface area contributed by atoms with Crippen molar-refractivity contribution in [2.24, 2.45) is 0 Å². The van der Waals surface area contributed by atoms with Crippen LogP contribution in [0.4, 0.5) is 0 Å². The third-order valence-corrected chi connectivity index (χ3v) is 5.40. The minimum Gasteiger partial charge on any atom is -0.491 e. The minimum atomic E-state index is -0.0132. The first-order chi connectivity index (χ1) is 15.2. The van der Waals surface area contributed by atoms with Gasteiger partial charge >= 0.3 is 0 Å². The standard InChI is InChI=1S/C24H28N4O3/c1-2-19-6-7-23-22(13-19)14-20-4-3-5-21(12-20)15-27(8-9-30-10-11-31-23)24(29)16-28-18-25-17-26-28/h3-7,12-13,17-18H,2,8-11,14-16H2,1H3. The molecule has 1 amide bonds. The zero-order valence-electron chi connectivity index (χ0n) is 17.9. The first kappa shape index (κ1) is 21.1. The highest BCUT2D eigenvalue weighted by atomic mass is 16.5. The second kappa shape index (κ2) is 10.2. The highest BCUT2D eigenvalue weighted by Gasteiger charge is 2.16. The van der Waals surface area contributed by atoms with Gasteiger partial charge in [-0.3, -0.25) is 4.79 Å². The normalized spacial score (nSPS) is 14.9. The SMILES string of the molecule is CCc1ccc2c(c1)Cc1cccc(c1)CN(C(=O)Cn1cncn1)CCOCCO2. The lowest BCUT2D eigenvalue weighted by Gasteiger charge is -2.24. The molecule has 2 bridgehead atoms. The Morgan fingerprint density at radius 3 is 2.84 bits per heavy atom. The van der Waals surface area contributed by atoms with Gasteiger partial charge in [0, 0.05) is 19.5 Å². The summed E-state index contributed by atoms with van der Waals surface area (Å²) in [4.78, 5) is 18.6. The Hall–Kier alpha value is -3.19. The van der Waals surface area contributed by atoms with Crippen LogP contribution in [0, 0.1) is 0 Å². The van der Waals surface area contributed by atoms with Gasteiger partial charge in [-0.15, -0.1) is 0 Å². The molecule has 0 radical (unpaired) electrons. The molecule has 0 unspecified atom stereocenters. The molecule has 1 aliphatic rings. The lowest BCUT2D eigenvalue weighted by Crippen LogP contribution is -2.36. The molecule has 7 nitrogen and oxygen atoms in total. The molecule has 0 spiro atoms. The van der Waals surface area contributed by atoms with Crippen molar-refractivity contribution >= 4 is 5.91 Å². The van der Waals surface area contributed by atoms with Crippen molar-refractivity contribution < 1.29 is 14.3 Å². The maximum atomic E-state index is 12.9. The summed E-state index contributed by atoms with van der Waals surface area (Å²) in [6, 6.07) is 14.8. The second-order valence-corrected chi connectivity index (χ2v) is 7.66. The van der Waals surface area contributed by atoms with Crippen LogP contribution in [-0.2, 0) is 35.5 Å². The summed E-state index contributed by atoms with van der Waals surface area (Å²) in [5.74, 6) is 0.897. The molecule has 0 saturated carbocycles. The van der Waals surface area contributed by atoms with Crippen molar-refractivity contribution in [2.45, 2.75) is 32.9 Å². The molecule has 0 saturated heterocycles. The van der Waals surface area contributed by atoms with Crippen LogP contribution in [0.2, 0.25) is 0 Å². The molecule has 0 N–H and O–H groups in total. The van der Waals surface area contributed by atoms with Crippen molar-refractivity contribution in [1.29, 1.82) is 0 Å². The molecule has 0 atom stereocenters. The number of carbonyl (C=O) groups is 1. The van der Waals surface area contributed by atoms with E-state index in [1.807, 2.05) is 4.90 Å². The number of hydrogen-bond acceptors (Lipinski definition) is 5. The lowest BCUT2D eigenvalue weighted by molar-refractivity contribution is -0.133. The smallest absolute Gasteiger partial charge is 0.244 e. The number of rotatable bonds is 3. The van der Waals surface area contributed by atoms with E-state index in [9.17, 15) is 4.79 Å². The first-order valence-electron chi connectivity index (χ1n) is 10.7. The molecule has 2 aromatic carbocycles. The Balaban J connectivity index is 1.58. The molecule has 162 valence electrons. The molecule has 1 aliphatic heterocycles. The van der Waals surface area contributed by atoms with E-state index in [1.54, 1.807) is 11.0 Å². The van der Waals surface area contributed by atoms with Crippen LogP contribution in [-0.4, -0.2) is 51.9 Å². The number of aryl methyl sites for hydroxylation is 1. The van der Waals surface area contributed by atoms with Crippen molar-refractivity contribution in [3.8, 4) is 5.75 Å². The van der Waals surface area contributed by atoms with E-state index < -0.39 is 0 Å². The number of nitrogens with zero attached hydrogens (tertiary/aromatic N) is 4. The van der Waals surface area contributed by atoms with Gasteiger partial charge in [-0.2, -0.15) is 5.10 Å². The number of benzene rings is 2. The second-order valence-electron chi connectivity index (χ2n) is 7.66. The third kappa shape index (κ3) is 5.70. The fraction of sp³-hybridized carbons (Fsp3) is 0.375. The average Bonchev–Trinajstić information content (AvgIpc) is 3.28. The Bertz CT molecular complexity index is 1000. The number of fused-ring (bicyclic) bond motifs is 3. The minimum absolute atomic E-state index is 0.0132. The van der Waals surface area contributed by atoms with Crippen LogP contribution in [0.1, 0.15) is 29.2 Å². The summed E-state index contributed by atoms with van der Waals surface area (Å²) >= 11 is 0. The van der Waals surface area contributed by atoms with Crippen LogP contribution < -0.4 is 4.74 Å². The molecule has 0 aliphatic carbocycles. The number of amides is 1. The van der Waals surface area contributed by atoms with E-state index in [4.69, 9.17) is 9.47 Å². The molecule has 31 heavy (non-hydrogen) atoms. The van der Waals surface area contributed by atoms with Gasteiger partial charge in [0.2, 0.25) is 5.91 Å². The van der Waals surface area contributed by atoms with Crippen LogP contribution >= 0.6 is 0 Å². The number of carbonyl (C=O) groups excluding carboxylic acids is 1. The summed E-state index contributed by atoms with van der Waals surface area (Å²) < 4.78 is 13.3. The van der Waals surface area contributed by atoms with Gasteiger partial charge in [-0.1, -0.05) is 43.3 Å². The number of aromatic nitrogens is 3. The molecule has 0 fully saturated rings. The van der Waals surface area contributed by atoms with Gasteiger partial charge in [-0.25, -0.2) is 9.67 Å². The van der Waals surface area contributed by atoms with E-state index in [0.29, 0.717) is 32.9 Å². The van der Waals surface area contributed by atoms with Gasteiger partial charge in [0.1, 0.15) is 31.6 Å². The predicted molar refractivity (Wildman–Crippen MR) is 117 cm³/mol. The van der Waals surface area contributed by atoms with Crippen molar-refractivity contribution in [2.75, 3.05) is 26.4 Å². The van der Waals surface area contributed by atoms with Crippen molar-refractivity contribution in [3.05, 3.63) is 77.4 Å². The quantitative estimate of drug-likeness (QED) is 0.652. The zero-order chi connectivity index (χ0) is 21.5. The summed E-state index contributed by atoms with van der Waals surface area (Å²) in [5, 5.41) is 4.05. The molecule has 3 aromatic rings. The fourth-order valence-electron chi connectivity index (χ4n) is 3.74. The summed E-state index contributed by atoms with van der Waals surface area (Å²) in [6.45, 7) is 4.77. The van der Waals surface area contributed by atoms with Gasteiger partial charge in [0.25, 0.3) is 0 Å². The summed E-state index contributed by atoms with van der Waals surface area (Å²) in [7, 11) is 0. The maximum Gasteiger partial charge on any atom is 0.244 e. The Labute approximate surface area is 182 Å². The van der Waals surface area contributed by atoms with E-state index >= 15 is 0 Å². The number of hydrogen-bond donors (Lipinski definition) is 0. The largest absolute Gasteiger partial charge is 0.491 e. The molecule has 2 heterocycles. The van der Waals surface area contributed by atoms with Crippen LogP contribution in [0.15, 0.2) is 55.1 Å². The molecule has 4 rings (SSSR count). The van der Waals surface area contributed by atoms with Gasteiger partial charge in [-0.05, 0) is 34.7 Å². The van der Waals surface area contributed by atoms with E-state index in [1.165, 1.54) is 23.0 Å². The Kier molecular flexibility index (Phi) is 6.94. The van der Waals surface area contributed by atoms with Crippen LogP contribution in [0.3, 0.4) is 0 Å². The first-order valence-corrected chi connectivity index (χ1v) is 10.7. The zero-order valence-corrected chi connectivity index (χ0v) is 17.9. The van der Waals surface area contributed by atoms with Crippen LogP contribution in [0.5, 0.6) is 5.75 Å². The molecular weight excluding hydrogens is 392 g/mol. The van der Waals surface area contributed by atoms with E-state index in [0.717, 1.165) is 24.2 Å². The monoisotopic (exact) mass is 420 g/mol. The molecular formula is C24H28N4O3. The summed E-state index contributed by atoms with van der Waals surface area (Å²) in [5.41, 5.74) is 4.76. The lowest BCUT2D eigenvalue weighted by atomic mass is 9.99. The van der Waals surface area contributed by atoms with E-state index in [2.05, 4.69) is 59.5 Å². The predicted octanol–water partition coefficient (Wildman–Crippen LogP) is 2.87. The highest BCUT2D eigenvalue weighted by Crippen LogP contribution is 2.24. The Morgan fingerprint density at radius 1 is 1.10 bits per heavy atom. The topological polar surface area (TPSA) is 69.5 Å². The summed E-state index contributed by atoms with van der Waals surface area (Å²) in [6.07, 6.45) is 4.76. The van der Waals surface area contributed by atoms with Crippen molar-refractivity contribution in [1.82, 2.24) is 19.7 Å². The molecule has 1 aromatic heterocycles. The highest BCUT2D eigenvalue weighted by molar-refractivity contribution is 5.75. The van der Waals surface area contributed by atoms with Crippen LogP contribution in [0.25, 0.3) is 0 Å². The third-order valence-electron chi connectivity index (χ3n) is 5.40. The van der Waals surface area contributed by atoms with E-state index in [-0.39, 0.29) is 12.5 Å². The number of ether oxygens (including phenoxy) is 2. The fourth-order valence-corrected chi connectivity index (χ4v) is 3.74. The Morgan fingerprint density at radius 2 is 2.00 bits per heavy atom. The molecule has 7 heteroatoms. The van der Waals surface area contributed by atoms with Crippen molar-refractivity contribution in [3.63, 3.8) is 0 Å². The maximum absolute atomic E-state index is 12.9. The van der Waals surface area contributed by atoms with Gasteiger partial charge in [0.05, 0.1) is 13.2 Å². The average molecular weight is 421 g/mol. The van der Waals surface area contributed by atoms with Gasteiger partial charge in [0.15, 0.2) is 0 Å².